The van der Waals surface area contributed by atoms with E-state index in [1.807, 2.05) is 12.4 Å². The van der Waals surface area contributed by atoms with Crippen LogP contribution in [0.4, 0.5) is 5.69 Å². The third kappa shape index (κ3) is 2.27. The van der Waals surface area contributed by atoms with Crippen molar-refractivity contribution in [1.29, 1.82) is 0 Å². The molecule has 2 N–H and O–H groups in total. The number of hydrogen-bond donors (Lipinski definition) is 2. The number of piperidine rings is 1. The van der Waals surface area contributed by atoms with Crippen LogP contribution in [0, 0.1) is 0 Å². The molecule has 27 heavy (non-hydrogen) atoms. The minimum absolute atomic E-state index is 0.00911. The second-order valence-electron chi connectivity index (χ2n) is 8.32. The van der Waals surface area contributed by atoms with E-state index in [1.165, 1.54) is 5.69 Å². The van der Waals surface area contributed by atoms with E-state index in [-0.39, 0.29) is 11.0 Å². The summed E-state index contributed by atoms with van der Waals surface area (Å²) in [6.07, 6.45) is 10.1. The number of fused-ring (bicyclic) bond motifs is 3. The predicted octanol–water partition coefficient (Wildman–Crippen LogP) is 2.40. The molecule has 4 heterocycles. The van der Waals surface area contributed by atoms with Gasteiger partial charge in [-0.1, -0.05) is 0 Å². The molecule has 1 unspecified atom stereocenters. The maximum atomic E-state index is 12.7. The highest BCUT2D eigenvalue weighted by Gasteiger charge is 2.45. The Hall–Kier alpha value is -2.70. The largest absolute Gasteiger partial charge is 0.370 e. The fraction of sp³-hybridized carbons (Fsp3) is 0.500. The Morgan fingerprint density at radius 3 is 3.07 bits per heavy atom. The molecule has 3 aromatic heterocycles. The number of aromatic nitrogens is 5. The van der Waals surface area contributed by atoms with Crippen molar-refractivity contribution in [2.24, 2.45) is 0 Å². The van der Waals surface area contributed by atoms with Crippen LogP contribution in [-0.2, 0) is 11.8 Å². The SMILES string of the molecule is O=c1[nH]c(C2CC2)nc2c1CCC21CCCN(c2ccnc3[nH]ncc23)C1. The number of rotatable bonds is 2. The van der Waals surface area contributed by atoms with E-state index in [9.17, 15) is 4.79 Å². The Balaban J connectivity index is 1.43. The van der Waals surface area contributed by atoms with Gasteiger partial charge in [0.25, 0.3) is 5.56 Å². The molecule has 3 aliphatic rings. The maximum absolute atomic E-state index is 12.7. The van der Waals surface area contributed by atoms with E-state index in [1.54, 1.807) is 0 Å². The minimum Gasteiger partial charge on any atom is -0.370 e. The quantitative estimate of drug-likeness (QED) is 0.730. The summed E-state index contributed by atoms with van der Waals surface area (Å²) >= 11 is 0. The zero-order valence-corrected chi connectivity index (χ0v) is 15.2. The highest BCUT2D eigenvalue weighted by Crippen LogP contribution is 2.46. The molecule has 0 aromatic carbocycles. The lowest BCUT2D eigenvalue weighted by atomic mass is 9.77. The van der Waals surface area contributed by atoms with Crippen LogP contribution >= 0.6 is 0 Å². The van der Waals surface area contributed by atoms with Crippen LogP contribution in [0.2, 0.25) is 0 Å². The van der Waals surface area contributed by atoms with Crippen molar-refractivity contribution in [3.63, 3.8) is 0 Å². The molecule has 1 atom stereocenters. The lowest BCUT2D eigenvalue weighted by Gasteiger charge is -2.42. The standard InChI is InChI=1S/C20H22N6O/c27-19-13-4-7-20(16(13)23-17(24-19)12-2-3-12)6-1-9-26(11-20)15-5-8-21-18-14(15)10-22-25-18/h5,8,10,12H,1-4,6-7,9,11H2,(H,21,22,25)(H,23,24,27). The summed E-state index contributed by atoms with van der Waals surface area (Å²) in [4.78, 5) is 27.5. The second kappa shape index (κ2) is 5.41. The lowest BCUT2D eigenvalue weighted by molar-refractivity contribution is 0.334. The fourth-order valence-corrected chi connectivity index (χ4v) is 5.07. The zero-order valence-electron chi connectivity index (χ0n) is 15.2. The number of hydrogen-bond acceptors (Lipinski definition) is 5. The number of pyridine rings is 1. The fourth-order valence-electron chi connectivity index (χ4n) is 5.07. The van der Waals surface area contributed by atoms with Gasteiger partial charge in [0.1, 0.15) is 5.82 Å². The van der Waals surface area contributed by atoms with Gasteiger partial charge < -0.3 is 9.88 Å². The first-order chi connectivity index (χ1) is 13.2. The molecule has 1 saturated heterocycles. The number of nitrogens with one attached hydrogen (secondary N) is 2. The zero-order chi connectivity index (χ0) is 18.0. The van der Waals surface area contributed by atoms with E-state index in [2.05, 4.69) is 31.1 Å². The van der Waals surface area contributed by atoms with Gasteiger partial charge in [0.2, 0.25) is 0 Å². The lowest BCUT2D eigenvalue weighted by Crippen LogP contribution is -2.46. The molecule has 1 saturated carbocycles. The average molecular weight is 362 g/mol. The Labute approximate surface area is 156 Å². The third-order valence-electron chi connectivity index (χ3n) is 6.60. The molecule has 7 heteroatoms. The topological polar surface area (TPSA) is 90.6 Å². The van der Waals surface area contributed by atoms with Crippen LogP contribution < -0.4 is 10.5 Å². The molecule has 1 spiro atoms. The van der Waals surface area contributed by atoms with E-state index in [0.717, 1.165) is 79.7 Å². The van der Waals surface area contributed by atoms with Crippen molar-refractivity contribution in [3.05, 3.63) is 45.9 Å². The van der Waals surface area contributed by atoms with Gasteiger partial charge >= 0.3 is 0 Å². The molecule has 2 aliphatic carbocycles. The van der Waals surface area contributed by atoms with Gasteiger partial charge in [-0.05, 0) is 44.6 Å². The number of anilines is 1. The van der Waals surface area contributed by atoms with Gasteiger partial charge in [0, 0.05) is 36.2 Å². The summed E-state index contributed by atoms with van der Waals surface area (Å²) in [5.74, 6) is 1.38. The first-order valence-electron chi connectivity index (χ1n) is 9.90. The third-order valence-corrected chi connectivity index (χ3v) is 6.60. The molecule has 138 valence electrons. The summed E-state index contributed by atoms with van der Waals surface area (Å²) in [6, 6.07) is 2.08. The van der Waals surface area contributed by atoms with Gasteiger partial charge in [0.15, 0.2) is 5.65 Å². The average Bonchev–Trinajstić information content (AvgIpc) is 3.33. The van der Waals surface area contributed by atoms with Crippen LogP contribution in [0.1, 0.15) is 55.1 Å². The minimum atomic E-state index is -0.00911. The summed E-state index contributed by atoms with van der Waals surface area (Å²) in [5, 5.41) is 8.18. The molecule has 6 rings (SSSR count). The number of nitrogens with zero attached hydrogens (tertiary/aromatic N) is 4. The van der Waals surface area contributed by atoms with Crippen molar-refractivity contribution in [2.45, 2.75) is 49.9 Å². The van der Waals surface area contributed by atoms with E-state index in [4.69, 9.17) is 4.98 Å². The molecule has 0 amide bonds. The molecule has 0 radical (unpaired) electrons. The molecule has 3 aromatic rings. The first-order valence-corrected chi connectivity index (χ1v) is 9.90. The highest BCUT2D eigenvalue weighted by molar-refractivity contribution is 5.88. The van der Waals surface area contributed by atoms with Crippen molar-refractivity contribution < 1.29 is 0 Å². The van der Waals surface area contributed by atoms with Gasteiger partial charge in [-0.3, -0.25) is 9.89 Å². The first kappa shape index (κ1) is 15.4. The predicted molar refractivity (Wildman–Crippen MR) is 102 cm³/mol. The summed E-state index contributed by atoms with van der Waals surface area (Å²) < 4.78 is 0. The van der Waals surface area contributed by atoms with Crippen molar-refractivity contribution >= 4 is 16.7 Å². The van der Waals surface area contributed by atoms with Crippen LogP contribution in [-0.4, -0.2) is 38.2 Å². The van der Waals surface area contributed by atoms with Crippen molar-refractivity contribution in [1.82, 2.24) is 25.1 Å². The van der Waals surface area contributed by atoms with Crippen LogP contribution in [0.3, 0.4) is 0 Å². The Morgan fingerprint density at radius 1 is 1.26 bits per heavy atom. The van der Waals surface area contributed by atoms with Gasteiger partial charge in [0.05, 0.1) is 23.0 Å². The normalized spacial score (nSPS) is 24.7. The van der Waals surface area contributed by atoms with Crippen molar-refractivity contribution in [2.75, 3.05) is 18.0 Å². The molecular formula is C20H22N6O. The number of aromatic amines is 2. The van der Waals surface area contributed by atoms with Crippen molar-refractivity contribution in [3.8, 4) is 0 Å². The van der Waals surface area contributed by atoms with Crippen LogP contribution in [0.15, 0.2) is 23.3 Å². The molecule has 1 aliphatic heterocycles. The van der Waals surface area contributed by atoms with E-state index >= 15 is 0 Å². The van der Waals surface area contributed by atoms with Gasteiger partial charge in [-0.2, -0.15) is 5.10 Å². The second-order valence-corrected chi connectivity index (χ2v) is 8.32. The van der Waals surface area contributed by atoms with Crippen LogP contribution in [0.5, 0.6) is 0 Å². The van der Waals surface area contributed by atoms with E-state index in [0.29, 0.717) is 5.92 Å². The Morgan fingerprint density at radius 2 is 2.19 bits per heavy atom. The molecule has 7 nitrogen and oxygen atoms in total. The number of H-pyrrole nitrogens is 2. The van der Waals surface area contributed by atoms with E-state index < -0.39 is 0 Å². The highest BCUT2D eigenvalue weighted by atomic mass is 16.1. The van der Waals surface area contributed by atoms with Gasteiger partial charge in [-0.25, -0.2) is 9.97 Å². The smallest absolute Gasteiger partial charge is 0.254 e. The Bertz CT molecular complexity index is 1100. The Kier molecular flexibility index (Phi) is 3.08. The summed E-state index contributed by atoms with van der Waals surface area (Å²) in [7, 11) is 0. The molecule has 2 fully saturated rings. The molecule has 0 bridgehead atoms. The monoisotopic (exact) mass is 362 g/mol. The van der Waals surface area contributed by atoms with Gasteiger partial charge in [-0.15, -0.1) is 0 Å². The summed E-state index contributed by atoms with van der Waals surface area (Å²) in [5.41, 5.74) is 4.08. The summed E-state index contributed by atoms with van der Waals surface area (Å²) in [6.45, 7) is 1.92. The maximum Gasteiger partial charge on any atom is 0.254 e. The molecular weight excluding hydrogens is 340 g/mol. The van der Waals surface area contributed by atoms with Crippen LogP contribution in [0.25, 0.3) is 11.0 Å².